The van der Waals surface area contributed by atoms with Gasteiger partial charge in [0, 0.05) is 26.2 Å². The lowest BCUT2D eigenvalue weighted by atomic mass is 10.2. The van der Waals surface area contributed by atoms with Gasteiger partial charge in [0.2, 0.25) is 10.0 Å². The highest BCUT2D eigenvalue weighted by Gasteiger charge is 2.28. The lowest BCUT2D eigenvalue weighted by Gasteiger charge is -2.34. The number of carbonyl (C=O) groups is 1. The van der Waals surface area contributed by atoms with Gasteiger partial charge in [-0.05, 0) is 17.7 Å². The van der Waals surface area contributed by atoms with E-state index in [0.29, 0.717) is 26.2 Å². The fourth-order valence-corrected chi connectivity index (χ4v) is 3.53. The van der Waals surface area contributed by atoms with Gasteiger partial charge in [-0.2, -0.15) is 4.31 Å². The number of aliphatic carboxylic acids is 1. The molecule has 0 radical (unpaired) electrons. The number of ether oxygens (including phenoxy) is 1. The van der Waals surface area contributed by atoms with Crippen molar-refractivity contribution >= 4 is 27.6 Å². The van der Waals surface area contributed by atoms with Crippen LogP contribution in [0.3, 0.4) is 0 Å². The molecule has 0 saturated carbocycles. The Balaban J connectivity index is 1.99. The average molecular weight is 395 g/mol. The third-order valence-electron chi connectivity index (χ3n) is 3.80. The molecule has 1 aromatic rings. The summed E-state index contributed by atoms with van der Waals surface area (Å²) in [7, 11) is -3.66. The molecule has 0 spiro atoms. The summed E-state index contributed by atoms with van der Waals surface area (Å²) in [5.41, 5.74) is 0.744. The van der Waals surface area contributed by atoms with Gasteiger partial charge in [0.1, 0.15) is 12.4 Å². The zero-order valence-corrected chi connectivity index (χ0v) is 15.3. The van der Waals surface area contributed by atoms with Crippen molar-refractivity contribution in [3.63, 3.8) is 0 Å². The molecule has 1 aliphatic heterocycles. The molecule has 1 fully saturated rings. The molecule has 1 N–H and O–H groups in total. The molecule has 1 heterocycles. The van der Waals surface area contributed by atoms with Crippen molar-refractivity contribution in [3.8, 4) is 0 Å². The Morgan fingerprint density at radius 1 is 1.52 bits per heavy atom. The van der Waals surface area contributed by atoms with Gasteiger partial charge < -0.3 is 9.84 Å². The largest absolute Gasteiger partial charge is 0.480 e. The zero-order valence-electron chi connectivity index (χ0n) is 13.7. The van der Waals surface area contributed by atoms with E-state index in [1.54, 1.807) is 6.07 Å². The maximum Gasteiger partial charge on any atom is 0.318 e. The number of carboxylic acids is 1. The Labute approximate surface area is 151 Å². The minimum absolute atomic E-state index is 0.0450. The molecule has 25 heavy (non-hydrogen) atoms. The molecule has 0 aromatic heterocycles. The van der Waals surface area contributed by atoms with Crippen molar-refractivity contribution < 1.29 is 27.4 Å². The van der Waals surface area contributed by atoms with Gasteiger partial charge in [0.05, 0.1) is 24.0 Å². The second-order valence-electron chi connectivity index (χ2n) is 5.93. The van der Waals surface area contributed by atoms with Gasteiger partial charge in [-0.15, -0.1) is 0 Å². The van der Waals surface area contributed by atoms with Crippen LogP contribution in [0.25, 0.3) is 0 Å². The second kappa shape index (κ2) is 8.41. The summed E-state index contributed by atoms with van der Waals surface area (Å²) in [6.45, 7) is 1.21. The monoisotopic (exact) mass is 394 g/mol. The fraction of sp³-hybridized carbons (Fsp3) is 0.533. The van der Waals surface area contributed by atoms with Crippen molar-refractivity contribution in [2.75, 3.05) is 39.0 Å². The van der Waals surface area contributed by atoms with Crippen LogP contribution in [0.5, 0.6) is 0 Å². The first-order valence-corrected chi connectivity index (χ1v) is 9.82. The summed E-state index contributed by atoms with van der Waals surface area (Å²) in [4.78, 5) is 12.9. The molecule has 0 amide bonds. The van der Waals surface area contributed by atoms with E-state index in [1.807, 2.05) is 4.90 Å². The standard InChI is InChI=1S/C15H20ClFN2O5S/c1-25(22,23)19(10-15(20)21)9-12-8-18(4-5-24-12)7-11-2-3-13(16)14(17)6-11/h2-3,6,12H,4-5,7-10H2,1H3,(H,20,21). The molecule has 10 heteroatoms. The van der Waals surface area contributed by atoms with E-state index in [4.69, 9.17) is 21.4 Å². The number of hydrogen-bond donors (Lipinski definition) is 1. The molecule has 1 aliphatic rings. The minimum Gasteiger partial charge on any atom is -0.480 e. The van der Waals surface area contributed by atoms with Gasteiger partial charge in [0.15, 0.2) is 0 Å². The molecule has 0 aliphatic carbocycles. The SMILES string of the molecule is CS(=O)(=O)N(CC(=O)O)CC1CN(Cc2ccc(Cl)c(F)c2)CCO1. The van der Waals surface area contributed by atoms with E-state index in [-0.39, 0.29) is 11.6 Å². The predicted molar refractivity (Wildman–Crippen MR) is 90.5 cm³/mol. The number of morpholine rings is 1. The lowest BCUT2D eigenvalue weighted by molar-refractivity contribution is -0.137. The molecule has 2 rings (SSSR count). The maximum absolute atomic E-state index is 13.5. The van der Waals surface area contributed by atoms with Crippen molar-refractivity contribution in [2.24, 2.45) is 0 Å². The Bertz CT molecular complexity index is 731. The van der Waals surface area contributed by atoms with E-state index in [2.05, 4.69) is 0 Å². The van der Waals surface area contributed by atoms with E-state index < -0.39 is 34.5 Å². The molecular weight excluding hydrogens is 375 g/mol. The molecule has 140 valence electrons. The summed E-state index contributed by atoms with van der Waals surface area (Å²) in [5.74, 6) is -1.72. The van der Waals surface area contributed by atoms with Crippen LogP contribution in [0.2, 0.25) is 5.02 Å². The number of hydrogen-bond acceptors (Lipinski definition) is 5. The molecular formula is C15H20ClFN2O5S. The predicted octanol–water partition coefficient (Wildman–Crippen LogP) is 1.03. The van der Waals surface area contributed by atoms with Crippen LogP contribution in [0.4, 0.5) is 4.39 Å². The van der Waals surface area contributed by atoms with Crippen LogP contribution in [0.1, 0.15) is 5.56 Å². The number of rotatable bonds is 7. The Morgan fingerprint density at radius 3 is 2.84 bits per heavy atom. The van der Waals surface area contributed by atoms with Crippen molar-refractivity contribution in [2.45, 2.75) is 12.6 Å². The summed E-state index contributed by atoms with van der Waals surface area (Å²) < 4.78 is 43.4. The maximum atomic E-state index is 13.5. The highest BCUT2D eigenvalue weighted by Crippen LogP contribution is 2.18. The van der Waals surface area contributed by atoms with Crippen molar-refractivity contribution in [1.29, 1.82) is 0 Å². The fourth-order valence-electron chi connectivity index (χ4n) is 2.63. The first-order valence-electron chi connectivity index (χ1n) is 7.60. The first kappa shape index (κ1) is 20.1. The van der Waals surface area contributed by atoms with Crippen LogP contribution in [-0.4, -0.2) is 73.8 Å². The average Bonchev–Trinajstić information content (AvgIpc) is 2.49. The lowest BCUT2D eigenvalue weighted by Crippen LogP contribution is -2.49. The molecule has 7 nitrogen and oxygen atoms in total. The number of benzene rings is 1. The first-order chi connectivity index (χ1) is 11.6. The number of nitrogens with zero attached hydrogens (tertiary/aromatic N) is 2. The van der Waals surface area contributed by atoms with Crippen LogP contribution in [0, 0.1) is 5.82 Å². The molecule has 1 atom stereocenters. The highest BCUT2D eigenvalue weighted by molar-refractivity contribution is 7.88. The zero-order chi connectivity index (χ0) is 18.6. The van der Waals surface area contributed by atoms with Gasteiger partial charge >= 0.3 is 5.97 Å². The van der Waals surface area contributed by atoms with Gasteiger partial charge in [-0.1, -0.05) is 17.7 Å². The minimum atomic E-state index is -3.66. The highest BCUT2D eigenvalue weighted by atomic mass is 35.5. The summed E-state index contributed by atoms with van der Waals surface area (Å²) >= 11 is 5.67. The van der Waals surface area contributed by atoms with Crippen LogP contribution in [0.15, 0.2) is 18.2 Å². The van der Waals surface area contributed by atoms with E-state index >= 15 is 0 Å². The van der Waals surface area contributed by atoms with Gasteiger partial charge in [-0.25, -0.2) is 12.8 Å². The molecule has 1 saturated heterocycles. The number of halogens is 2. The topological polar surface area (TPSA) is 87.2 Å². The van der Waals surface area contributed by atoms with Crippen molar-refractivity contribution in [1.82, 2.24) is 9.21 Å². The van der Waals surface area contributed by atoms with Crippen LogP contribution >= 0.6 is 11.6 Å². The third kappa shape index (κ3) is 6.19. The van der Waals surface area contributed by atoms with Crippen LogP contribution < -0.4 is 0 Å². The van der Waals surface area contributed by atoms with Gasteiger partial charge in [0.25, 0.3) is 0 Å². The molecule has 1 aromatic carbocycles. The molecule has 0 bridgehead atoms. The Hall–Kier alpha value is -1.26. The summed E-state index contributed by atoms with van der Waals surface area (Å²) in [5, 5.41) is 8.92. The van der Waals surface area contributed by atoms with E-state index in [9.17, 15) is 17.6 Å². The van der Waals surface area contributed by atoms with Crippen LogP contribution in [-0.2, 0) is 26.1 Å². The summed E-state index contributed by atoms with van der Waals surface area (Å²) in [6.07, 6.45) is 0.507. The van der Waals surface area contributed by atoms with E-state index in [0.717, 1.165) is 16.1 Å². The Morgan fingerprint density at radius 2 is 2.24 bits per heavy atom. The quantitative estimate of drug-likeness (QED) is 0.743. The van der Waals surface area contributed by atoms with E-state index in [1.165, 1.54) is 12.1 Å². The second-order valence-corrected chi connectivity index (χ2v) is 8.32. The third-order valence-corrected chi connectivity index (χ3v) is 5.32. The number of sulfonamides is 1. The molecule has 1 unspecified atom stereocenters. The Kier molecular flexibility index (Phi) is 6.75. The van der Waals surface area contributed by atoms with Crippen molar-refractivity contribution in [3.05, 3.63) is 34.6 Å². The normalized spacial score (nSPS) is 19.3. The van der Waals surface area contributed by atoms with Gasteiger partial charge in [-0.3, -0.25) is 9.69 Å². The smallest absolute Gasteiger partial charge is 0.318 e. The summed E-state index contributed by atoms with van der Waals surface area (Å²) in [6, 6.07) is 4.57. The number of carboxylic acid groups (broad SMARTS) is 1.